The number of amides is 2. The Kier molecular flexibility index (Phi) is 7.98. The molecule has 0 fully saturated rings. The average molecular weight is 470 g/mol. The number of benzene rings is 2. The molecule has 0 aliphatic carbocycles. The zero-order valence-electron chi connectivity index (χ0n) is 18.3. The number of rotatable bonds is 9. The van der Waals surface area contributed by atoms with Gasteiger partial charge in [0, 0.05) is 22.6 Å². The lowest BCUT2D eigenvalue weighted by Gasteiger charge is -2.13. The number of nitrogens with one attached hydrogen (secondary N) is 2. The molecule has 0 radical (unpaired) electrons. The normalized spacial score (nSPS) is 11.2. The summed E-state index contributed by atoms with van der Waals surface area (Å²) in [6.45, 7) is 1.03. The van der Waals surface area contributed by atoms with Crippen molar-refractivity contribution >= 4 is 34.3 Å². The Morgan fingerprint density at radius 2 is 1.70 bits per heavy atom. The van der Waals surface area contributed by atoms with E-state index in [9.17, 15) is 14.4 Å². The molecule has 172 valence electrons. The van der Waals surface area contributed by atoms with Crippen LogP contribution in [0.2, 0.25) is 0 Å². The van der Waals surface area contributed by atoms with Crippen LogP contribution in [0.15, 0.2) is 53.9 Å². The van der Waals surface area contributed by atoms with Crippen molar-refractivity contribution in [2.45, 2.75) is 13.0 Å². The van der Waals surface area contributed by atoms with Crippen molar-refractivity contribution in [1.82, 2.24) is 10.3 Å². The van der Waals surface area contributed by atoms with Crippen molar-refractivity contribution in [2.75, 3.05) is 26.1 Å². The Hall–Kier alpha value is -3.92. The van der Waals surface area contributed by atoms with Gasteiger partial charge in [-0.2, -0.15) is 0 Å². The number of hydrogen-bond acceptors (Lipinski definition) is 8. The molecule has 2 amide bonds. The van der Waals surface area contributed by atoms with Crippen LogP contribution in [0.3, 0.4) is 0 Å². The average Bonchev–Trinajstić information content (AvgIpc) is 3.31. The summed E-state index contributed by atoms with van der Waals surface area (Å²) in [6.07, 6.45) is -1.07. The fourth-order valence-corrected chi connectivity index (χ4v) is 3.49. The van der Waals surface area contributed by atoms with Gasteiger partial charge in [-0.15, -0.1) is 11.3 Å². The second kappa shape index (κ2) is 11.1. The first-order chi connectivity index (χ1) is 15.9. The molecule has 33 heavy (non-hydrogen) atoms. The Morgan fingerprint density at radius 3 is 2.33 bits per heavy atom. The van der Waals surface area contributed by atoms with Crippen LogP contribution in [-0.2, 0) is 14.3 Å². The Balaban J connectivity index is 1.50. The molecule has 0 saturated carbocycles. The van der Waals surface area contributed by atoms with Gasteiger partial charge in [0.05, 0.1) is 19.9 Å². The molecule has 3 aromatic rings. The molecule has 1 heterocycles. The standard InChI is InChI=1S/C23H23N3O6S/c1-14(21(28)26-23-25-19(13-33-23)15-7-5-4-6-8-15)32-20(27)12-24-22(29)16-9-17(30-2)11-18(10-16)31-3/h4-11,13-14H,12H2,1-3H3,(H,24,29)(H,25,26,28). The Labute approximate surface area is 194 Å². The van der Waals surface area contributed by atoms with Crippen LogP contribution in [0, 0.1) is 0 Å². The van der Waals surface area contributed by atoms with E-state index in [0.29, 0.717) is 16.6 Å². The van der Waals surface area contributed by atoms with Crippen molar-refractivity contribution in [3.05, 3.63) is 59.5 Å². The number of methoxy groups -OCH3 is 2. The summed E-state index contributed by atoms with van der Waals surface area (Å²) in [6, 6.07) is 14.2. The van der Waals surface area contributed by atoms with E-state index in [0.717, 1.165) is 11.3 Å². The predicted octanol–water partition coefficient (Wildman–Crippen LogP) is 3.13. The molecule has 1 unspecified atom stereocenters. The van der Waals surface area contributed by atoms with Gasteiger partial charge in [-0.05, 0) is 19.1 Å². The molecule has 9 nitrogen and oxygen atoms in total. The molecule has 0 spiro atoms. The van der Waals surface area contributed by atoms with Crippen LogP contribution in [0.1, 0.15) is 17.3 Å². The van der Waals surface area contributed by atoms with Gasteiger partial charge < -0.3 is 19.5 Å². The molecule has 1 atom stereocenters. The smallest absolute Gasteiger partial charge is 0.326 e. The molecule has 0 bridgehead atoms. The third-order valence-electron chi connectivity index (χ3n) is 4.49. The minimum Gasteiger partial charge on any atom is -0.497 e. The minimum atomic E-state index is -1.07. The second-order valence-corrected chi connectivity index (χ2v) is 7.67. The Bertz CT molecular complexity index is 1110. The van der Waals surface area contributed by atoms with Crippen molar-refractivity contribution in [1.29, 1.82) is 0 Å². The highest BCUT2D eigenvalue weighted by Gasteiger charge is 2.20. The molecule has 2 N–H and O–H groups in total. The molecule has 2 aromatic carbocycles. The summed E-state index contributed by atoms with van der Waals surface area (Å²) < 4.78 is 15.4. The first-order valence-electron chi connectivity index (χ1n) is 9.92. The van der Waals surface area contributed by atoms with Gasteiger partial charge in [0.15, 0.2) is 11.2 Å². The number of nitrogens with zero attached hydrogens (tertiary/aromatic N) is 1. The van der Waals surface area contributed by atoms with E-state index in [4.69, 9.17) is 14.2 Å². The van der Waals surface area contributed by atoms with Crippen LogP contribution >= 0.6 is 11.3 Å². The SMILES string of the molecule is COc1cc(OC)cc(C(=O)NCC(=O)OC(C)C(=O)Nc2nc(-c3ccccc3)cs2)c1. The molecule has 0 aliphatic rings. The molecule has 0 aliphatic heterocycles. The van der Waals surface area contributed by atoms with Gasteiger partial charge in [-0.1, -0.05) is 30.3 Å². The van der Waals surface area contributed by atoms with Crippen molar-refractivity contribution < 1.29 is 28.6 Å². The summed E-state index contributed by atoms with van der Waals surface area (Å²) >= 11 is 1.27. The fraction of sp³-hybridized carbons (Fsp3) is 0.217. The molecule has 0 saturated heterocycles. The maximum Gasteiger partial charge on any atom is 0.326 e. The predicted molar refractivity (Wildman–Crippen MR) is 124 cm³/mol. The number of anilines is 1. The number of carbonyl (C=O) groups is 3. The third kappa shape index (κ3) is 6.53. The topological polar surface area (TPSA) is 116 Å². The monoisotopic (exact) mass is 469 g/mol. The molecule has 10 heteroatoms. The number of carbonyl (C=O) groups excluding carboxylic acids is 3. The van der Waals surface area contributed by atoms with E-state index in [2.05, 4.69) is 15.6 Å². The van der Waals surface area contributed by atoms with E-state index < -0.39 is 30.4 Å². The van der Waals surface area contributed by atoms with Crippen molar-refractivity contribution in [3.63, 3.8) is 0 Å². The maximum atomic E-state index is 12.4. The van der Waals surface area contributed by atoms with Gasteiger partial charge >= 0.3 is 5.97 Å². The second-order valence-electron chi connectivity index (χ2n) is 6.81. The maximum absolute atomic E-state index is 12.4. The van der Waals surface area contributed by atoms with E-state index in [1.54, 1.807) is 6.07 Å². The van der Waals surface area contributed by atoms with E-state index in [1.165, 1.54) is 44.6 Å². The lowest BCUT2D eigenvalue weighted by molar-refractivity contribution is -0.152. The van der Waals surface area contributed by atoms with Crippen LogP contribution < -0.4 is 20.1 Å². The van der Waals surface area contributed by atoms with Crippen molar-refractivity contribution in [2.24, 2.45) is 0 Å². The lowest BCUT2D eigenvalue weighted by Crippen LogP contribution is -2.35. The summed E-state index contributed by atoms with van der Waals surface area (Å²) in [7, 11) is 2.93. The highest BCUT2D eigenvalue weighted by molar-refractivity contribution is 7.14. The quantitative estimate of drug-likeness (QED) is 0.463. The van der Waals surface area contributed by atoms with Crippen molar-refractivity contribution in [3.8, 4) is 22.8 Å². The first kappa shape index (κ1) is 23.7. The van der Waals surface area contributed by atoms with Gasteiger partial charge in [0.1, 0.15) is 18.0 Å². The largest absolute Gasteiger partial charge is 0.497 e. The zero-order valence-corrected chi connectivity index (χ0v) is 19.1. The van der Waals surface area contributed by atoms with E-state index >= 15 is 0 Å². The summed E-state index contributed by atoms with van der Waals surface area (Å²) in [4.78, 5) is 41.2. The number of aromatic nitrogens is 1. The first-order valence-corrected chi connectivity index (χ1v) is 10.8. The van der Waals surface area contributed by atoms with Crippen LogP contribution in [0.25, 0.3) is 11.3 Å². The van der Waals surface area contributed by atoms with E-state index in [1.807, 2.05) is 35.7 Å². The fourth-order valence-electron chi connectivity index (χ4n) is 2.77. The highest BCUT2D eigenvalue weighted by Crippen LogP contribution is 2.25. The van der Waals surface area contributed by atoms with Gasteiger partial charge in [0.25, 0.3) is 11.8 Å². The highest BCUT2D eigenvalue weighted by atomic mass is 32.1. The third-order valence-corrected chi connectivity index (χ3v) is 5.25. The van der Waals surface area contributed by atoms with Crippen LogP contribution in [0.4, 0.5) is 5.13 Å². The number of ether oxygens (including phenoxy) is 3. The summed E-state index contributed by atoms with van der Waals surface area (Å²) in [5.74, 6) is -0.932. The van der Waals surface area contributed by atoms with Gasteiger partial charge in [-0.25, -0.2) is 4.98 Å². The minimum absolute atomic E-state index is 0.253. The Morgan fingerprint density at radius 1 is 1.03 bits per heavy atom. The number of thiazole rings is 1. The number of esters is 1. The van der Waals surface area contributed by atoms with Gasteiger partial charge in [-0.3, -0.25) is 19.7 Å². The van der Waals surface area contributed by atoms with E-state index in [-0.39, 0.29) is 5.56 Å². The molecular formula is C23H23N3O6S. The molecule has 1 aromatic heterocycles. The number of hydrogen-bond donors (Lipinski definition) is 2. The lowest BCUT2D eigenvalue weighted by atomic mass is 10.2. The van der Waals surface area contributed by atoms with Crippen LogP contribution in [0.5, 0.6) is 11.5 Å². The molecular weight excluding hydrogens is 446 g/mol. The summed E-state index contributed by atoms with van der Waals surface area (Å²) in [5, 5.41) is 7.29. The van der Waals surface area contributed by atoms with Gasteiger partial charge in [0.2, 0.25) is 0 Å². The zero-order chi connectivity index (χ0) is 23.8. The summed E-state index contributed by atoms with van der Waals surface area (Å²) in [5.41, 5.74) is 1.92. The van der Waals surface area contributed by atoms with Crippen LogP contribution in [-0.4, -0.2) is 49.6 Å². The molecule has 3 rings (SSSR count).